The van der Waals surface area contributed by atoms with E-state index >= 15 is 0 Å². The summed E-state index contributed by atoms with van der Waals surface area (Å²) < 4.78 is 15.6. The first-order valence-corrected chi connectivity index (χ1v) is 10.8. The number of methoxy groups -OCH3 is 2. The van der Waals surface area contributed by atoms with E-state index in [0.717, 1.165) is 0 Å². The molecule has 4 rings (SSSR count). The molecular weight excluding hydrogens is 456 g/mol. The summed E-state index contributed by atoms with van der Waals surface area (Å²) >= 11 is 0. The van der Waals surface area contributed by atoms with Crippen molar-refractivity contribution >= 4 is 35.0 Å². The molecule has 2 aromatic rings. The third-order valence-corrected chi connectivity index (χ3v) is 6.17. The first-order chi connectivity index (χ1) is 16.7. The molecule has 0 amide bonds. The molecule has 0 spiro atoms. The van der Waals surface area contributed by atoms with Crippen molar-refractivity contribution < 1.29 is 43.6 Å². The molecule has 35 heavy (non-hydrogen) atoms. The molecule has 2 aliphatic carbocycles. The predicted molar refractivity (Wildman–Crippen MR) is 123 cm³/mol. The minimum atomic E-state index is -1.31. The molecule has 0 saturated heterocycles. The molecule has 0 radical (unpaired) electrons. The summed E-state index contributed by atoms with van der Waals surface area (Å²) in [7, 11) is 2.87. The highest BCUT2D eigenvalue weighted by molar-refractivity contribution is 6.31. The number of aryl methyl sites for hydroxylation is 2. The molecule has 0 atom stereocenters. The molecule has 0 fully saturated rings. The smallest absolute Gasteiger partial charge is 0.347 e. The van der Waals surface area contributed by atoms with Crippen molar-refractivity contribution in [2.24, 2.45) is 0 Å². The monoisotopic (exact) mass is 478 g/mol. The van der Waals surface area contributed by atoms with E-state index in [0.29, 0.717) is 46.6 Å². The quantitative estimate of drug-likeness (QED) is 0.474. The summed E-state index contributed by atoms with van der Waals surface area (Å²) in [6.07, 6.45) is 0.896. The number of aliphatic carboxylic acids is 2. The van der Waals surface area contributed by atoms with Gasteiger partial charge >= 0.3 is 23.9 Å². The maximum atomic E-state index is 13.2. The summed E-state index contributed by atoms with van der Waals surface area (Å²) in [5.74, 6) is -4.16. The van der Waals surface area contributed by atoms with E-state index in [4.69, 9.17) is 14.2 Å². The second-order valence-electron chi connectivity index (χ2n) is 8.04. The Kier molecular flexibility index (Phi) is 6.42. The number of hydrogen-bond acceptors (Lipinski definition) is 7. The van der Waals surface area contributed by atoms with Crippen LogP contribution in [0.3, 0.4) is 0 Å². The Bertz CT molecular complexity index is 1230. The van der Waals surface area contributed by atoms with Crippen LogP contribution in [-0.4, -0.2) is 48.3 Å². The van der Waals surface area contributed by atoms with Crippen LogP contribution in [-0.2, 0) is 36.8 Å². The van der Waals surface area contributed by atoms with E-state index < -0.39 is 23.9 Å². The lowest BCUT2D eigenvalue weighted by Crippen LogP contribution is -2.24. The van der Waals surface area contributed by atoms with Crippen LogP contribution in [0.2, 0.25) is 0 Å². The summed E-state index contributed by atoms with van der Waals surface area (Å²) in [4.78, 5) is 50.3. The Hall–Kier alpha value is -4.40. The molecule has 0 heterocycles. The fourth-order valence-electron chi connectivity index (χ4n) is 4.44. The first kappa shape index (κ1) is 23.7. The van der Waals surface area contributed by atoms with Gasteiger partial charge in [0, 0.05) is 0 Å². The molecule has 2 aliphatic rings. The Labute approximate surface area is 200 Å². The van der Waals surface area contributed by atoms with Gasteiger partial charge in [-0.3, -0.25) is 0 Å². The summed E-state index contributed by atoms with van der Waals surface area (Å²) in [5, 5.41) is 19.4. The SMILES string of the molecule is COc1ccc2c(c1)C(C(=O)OC(=O)C1=C(C(=O)O)CCc3ccc(OC)cc31)=C(C(=O)O)CC2. The Morgan fingerprint density at radius 2 is 1.06 bits per heavy atom. The van der Waals surface area contributed by atoms with Gasteiger partial charge in [0.1, 0.15) is 11.5 Å². The number of carbonyl (C=O) groups excluding carboxylic acids is 2. The van der Waals surface area contributed by atoms with Crippen molar-refractivity contribution in [1.82, 2.24) is 0 Å². The predicted octanol–water partition coefficient (Wildman–Crippen LogP) is 3.04. The lowest BCUT2D eigenvalue weighted by molar-refractivity contribution is -0.151. The van der Waals surface area contributed by atoms with E-state index in [-0.39, 0.29) is 35.1 Å². The molecule has 0 unspecified atom stereocenters. The second-order valence-corrected chi connectivity index (χ2v) is 8.04. The number of carboxylic acid groups (broad SMARTS) is 2. The highest BCUT2D eigenvalue weighted by atomic mass is 16.6. The fourth-order valence-corrected chi connectivity index (χ4v) is 4.44. The number of benzene rings is 2. The van der Waals surface area contributed by atoms with Crippen molar-refractivity contribution in [2.45, 2.75) is 25.7 Å². The standard InChI is InChI=1S/C26H22O9/c1-33-15-7-3-13-5-9-17(23(27)28)21(19(13)11-15)25(31)35-26(32)22-18(24(29)30)10-6-14-4-8-16(34-2)12-20(14)22/h3-4,7-8,11-12H,5-6,9-10H2,1-2H3,(H,27,28)(H,29,30). The van der Waals surface area contributed by atoms with Gasteiger partial charge in [-0.2, -0.15) is 0 Å². The van der Waals surface area contributed by atoms with Gasteiger partial charge in [0.2, 0.25) is 0 Å². The van der Waals surface area contributed by atoms with Crippen LogP contribution >= 0.6 is 0 Å². The van der Waals surface area contributed by atoms with Crippen LogP contribution in [0.1, 0.15) is 35.1 Å². The van der Waals surface area contributed by atoms with Gasteiger partial charge in [-0.15, -0.1) is 0 Å². The minimum Gasteiger partial charge on any atom is -0.497 e. The molecule has 9 nitrogen and oxygen atoms in total. The topological polar surface area (TPSA) is 136 Å². The van der Waals surface area contributed by atoms with Gasteiger partial charge in [-0.05, 0) is 72.2 Å². The van der Waals surface area contributed by atoms with E-state index in [1.807, 2.05) is 0 Å². The third-order valence-electron chi connectivity index (χ3n) is 6.17. The van der Waals surface area contributed by atoms with Gasteiger partial charge in [0.15, 0.2) is 0 Å². The normalized spacial score (nSPS) is 14.6. The Morgan fingerprint density at radius 1 is 0.657 bits per heavy atom. The van der Waals surface area contributed by atoms with Crippen LogP contribution in [0.25, 0.3) is 11.1 Å². The number of carbonyl (C=O) groups is 4. The van der Waals surface area contributed by atoms with Crippen molar-refractivity contribution in [3.8, 4) is 11.5 Å². The van der Waals surface area contributed by atoms with Gasteiger partial charge in [-0.25, -0.2) is 19.2 Å². The maximum absolute atomic E-state index is 13.2. The van der Waals surface area contributed by atoms with Crippen molar-refractivity contribution in [3.05, 3.63) is 69.8 Å². The number of carboxylic acids is 2. The number of rotatable bonds is 6. The van der Waals surface area contributed by atoms with Crippen molar-refractivity contribution in [1.29, 1.82) is 0 Å². The number of ether oxygens (including phenoxy) is 3. The van der Waals surface area contributed by atoms with Gasteiger partial charge in [0.05, 0.1) is 36.5 Å². The largest absolute Gasteiger partial charge is 0.497 e. The Balaban J connectivity index is 1.78. The highest BCUT2D eigenvalue weighted by Crippen LogP contribution is 2.37. The highest BCUT2D eigenvalue weighted by Gasteiger charge is 2.34. The van der Waals surface area contributed by atoms with Crippen LogP contribution in [0.5, 0.6) is 11.5 Å². The number of esters is 2. The van der Waals surface area contributed by atoms with E-state index in [2.05, 4.69) is 0 Å². The summed E-state index contributed by atoms with van der Waals surface area (Å²) in [5.41, 5.74) is 1.09. The molecule has 180 valence electrons. The molecule has 2 aromatic carbocycles. The molecule has 0 aromatic heterocycles. The van der Waals surface area contributed by atoms with Gasteiger partial charge < -0.3 is 24.4 Å². The molecule has 0 bridgehead atoms. The molecule has 9 heteroatoms. The fraction of sp³-hybridized carbons (Fsp3) is 0.231. The lowest BCUT2D eigenvalue weighted by Gasteiger charge is -2.23. The van der Waals surface area contributed by atoms with Crippen LogP contribution in [0.4, 0.5) is 0 Å². The molecule has 0 saturated carbocycles. The molecular formula is C26H22O9. The van der Waals surface area contributed by atoms with E-state index in [9.17, 15) is 29.4 Å². The summed E-state index contributed by atoms with van der Waals surface area (Å²) in [6.45, 7) is 0. The number of fused-ring (bicyclic) bond motifs is 2. The van der Waals surface area contributed by atoms with Crippen LogP contribution in [0.15, 0.2) is 47.5 Å². The maximum Gasteiger partial charge on any atom is 0.347 e. The van der Waals surface area contributed by atoms with Crippen molar-refractivity contribution in [2.75, 3.05) is 14.2 Å². The zero-order chi connectivity index (χ0) is 25.3. The van der Waals surface area contributed by atoms with Crippen molar-refractivity contribution in [3.63, 3.8) is 0 Å². The molecule has 0 aliphatic heterocycles. The zero-order valence-corrected chi connectivity index (χ0v) is 19.0. The van der Waals surface area contributed by atoms with Crippen LogP contribution in [0, 0.1) is 0 Å². The van der Waals surface area contributed by atoms with Gasteiger partial charge in [-0.1, -0.05) is 12.1 Å². The van der Waals surface area contributed by atoms with Gasteiger partial charge in [0.25, 0.3) is 0 Å². The zero-order valence-electron chi connectivity index (χ0n) is 19.0. The molecule has 2 N–H and O–H groups in total. The first-order valence-electron chi connectivity index (χ1n) is 10.8. The third kappa shape index (κ3) is 4.40. The van der Waals surface area contributed by atoms with Crippen LogP contribution < -0.4 is 9.47 Å². The van der Waals surface area contributed by atoms with E-state index in [1.165, 1.54) is 26.4 Å². The number of hydrogen-bond donors (Lipinski definition) is 2. The minimum absolute atomic E-state index is 0.0659. The van der Waals surface area contributed by atoms with E-state index in [1.54, 1.807) is 24.3 Å². The average molecular weight is 478 g/mol. The Morgan fingerprint density at radius 3 is 1.40 bits per heavy atom. The lowest BCUT2D eigenvalue weighted by atomic mass is 9.84. The second kappa shape index (κ2) is 9.46. The summed E-state index contributed by atoms with van der Waals surface area (Å²) in [6, 6.07) is 9.85. The average Bonchev–Trinajstić information content (AvgIpc) is 2.85.